The summed E-state index contributed by atoms with van der Waals surface area (Å²) < 4.78 is 13.0. The maximum Gasteiger partial charge on any atom is 0.308 e. The van der Waals surface area contributed by atoms with Gasteiger partial charge in [-0.15, -0.1) is 0 Å². The number of carbonyl (C=O) groups is 1. The maximum atomic E-state index is 13.0. The first-order valence-corrected chi connectivity index (χ1v) is 7.96. The van der Waals surface area contributed by atoms with Crippen LogP contribution in [0, 0.1) is 11.7 Å². The first-order valence-electron chi connectivity index (χ1n) is 7.96. The first kappa shape index (κ1) is 16.3. The van der Waals surface area contributed by atoms with Gasteiger partial charge in [0.1, 0.15) is 5.82 Å². The van der Waals surface area contributed by atoms with Gasteiger partial charge in [-0.25, -0.2) is 4.39 Å². The number of nitrogens with one attached hydrogen (secondary N) is 1. The molecule has 1 aliphatic rings. The van der Waals surface area contributed by atoms with Crippen LogP contribution < -0.4 is 5.32 Å². The Morgan fingerprint density at radius 1 is 1.17 bits per heavy atom. The lowest BCUT2D eigenvalue weighted by molar-refractivity contribution is -0.142. The van der Waals surface area contributed by atoms with Crippen molar-refractivity contribution in [2.75, 3.05) is 0 Å². The van der Waals surface area contributed by atoms with Crippen molar-refractivity contribution in [3.8, 4) is 11.3 Å². The molecule has 1 aliphatic carbocycles. The molecule has 3 rings (SSSR count). The predicted octanol–water partition coefficient (Wildman–Crippen LogP) is 3.40. The van der Waals surface area contributed by atoms with E-state index in [9.17, 15) is 14.3 Å². The van der Waals surface area contributed by atoms with E-state index in [1.54, 1.807) is 12.1 Å². The molecule has 0 radical (unpaired) electrons. The highest BCUT2D eigenvalue weighted by molar-refractivity contribution is 5.71. The Morgan fingerprint density at radius 3 is 2.67 bits per heavy atom. The van der Waals surface area contributed by atoms with Crippen LogP contribution in [0.25, 0.3) is 11.3 Å². The zero-order valence-corrected chi connectivity index (χ0v) is 13.2. The molecule has 24 heavy (non-hydrogen) atoms. The summed E-state index contributed by atoms with van der Waals surface area (Å²) in [6.45, 7) is 0.497. The van der Waals surface area contributed by atoms with E-state index in [1.807, 2.05) is 30.4 Å². The molecule has 0 saturated heterocycles. The van der Waals surface area contributed by atoms with Crippen molar-refractivity contribution in [2.45, 2.75) is 25.4 Å². The number of carboxylic acids is 1. The highest BCUT2D eigenvalue weighted by Crippen LogP contribution is 2.21. The van der Waals surface area contributed by atoms with Crippen LogP contribution in [0.4, 0.5) is 4.39 Å². The van der Waals surface area contributed by atoms with Crippen LogP contribution in [0.2, 0.25) is 0 Å². The SMILES string of the molecule is O=C(O)[C@@H]1CC=CC[C@@H]1NCc1cccc(-c2ccc(F)cc2)n1. The molecular weight excluding hydrogens is 307 g/mol. The van der Waals surface area contributed by atoms with Gasteiger partial charge in [0.05, 0.1) is 17.3 Å². The largest absolute Gasteiger partial charge is 0.481 e. The molecule has 0 spiro atoms. The fraction of sp³-hybridized carbons (Fsp3) is 0.263. The molecular formula is C19H19FN2O2. The molecule has 0 amide bonds. The molecule has 2 N–H and O–H groups in total. The van der Waals surface area contributed by atoms with E-state index in [2.05, 4.69) is 10.3 Å². The van der Waals surface area contributed by atoms with E-state index < -0.39 is 11.9 Å². The van der Waals surface area contributed by atoms with Crippen molar-refractivity contribution in [3.05, 3.63) is 66.1 Å². The number of aliphatic carboxylic acids is 1. The second kappa shape index (κ2) is 7.36. The quantitative estimate of drug-likeness (QED) is 0.827. The average Bonchev–Trinajstić information content (AvgIpc) is 2.61. The van der Waals surface area contributed by atoms with Gasteiger partial charge in [0.25, 0.3) is 0 Å². The molecule has 5 heteroatoms. The molecule has 1 aromatic carbocycles. The van der Waals surface area contributed by atoms with Crippen LogP contribution >= 0.6 is 0 Å². The number of carboxylic acid groups (broad SMARTS) is 1. The molecule has 2 atom stereocenters. The molecule has 4 nitrogen and oxygen atoms in total. The number of nitrogens with zero attached hydrogens (tertiary/aromatic N) is 1. The van der Waals surface area contributed by atoms with E-state index in [0.717, 1.165) is 17.0 Å². The molecule has 2 aromatic rings. The molecule has 1 heterocycles. The third-order valence-corrected chi connectivity index (χ3v) is 4.24. The molecule has 0 aliphatic heterocycles. The van der Waals surface area contributed by atoms with Crippen molar-refractivity contribution in [2.24, 2.45) is 5.92 Å². The normalized spacial score (nSPS) is 20.0. The Kier molecular flexibility index (Phi) is 5.01. The molecule has 124 valence electrons. The minimum Gasteiger partial charge on any atom is -0.481 e. The topological polar surface area (TPSA) is 62.2 Å². The van der Waals surface area contributed by atoms with Gasteiger partial charge >= 0.3 is 5.97 Å². The van der Waals surface area contributed by atoms with Crippen molar-refractivity contribution in [3.63, 3.8) is 0 Å². The number of halogens is 1. The monoisotopic (exact) mass is 326 g/mol. The first-order chi connectivity index (χ1) is 11.6. The van der Waals surface area contributed by atoms with E-state index >= 15 is 0 Å². The summed E-state index contributed by atoms with van der Waals surface area (Å²) in [7, 11) is 0. The van der Waals surface area contributed by atoms with E-state index in [4.69, 9.17) is 0 Å². The van der Waals surface area contributed by atoms with Gasteiger partial charge in [0.2, 0.25) is 0 Å². The Hall–Kier alpha value is -2.53. The number of benzene rings is 1. The van der Waals surface area contributed by atoms with Crippen LogP contribution in [0.3, 0.4) is 0 Å². The van der Waals surface area contributed by atoms with Crippen LogP contribution in [0.1, 0.15) is 18.5 Å². The third-order valence-electron chi connectivity index (χ3n) is 4.24. The van der Waals surface area contributed by atoms with E-state index in [1.165, 1.54) is 12.1 Å². The Labute approximate surface area is 140 Å². The lowest BCUT2D eigenvalue weighted by Crippen LogP contribution is -2.40. The fourth-order valence-electron chi connectivity index (χ4n) is 2.91. The van der Waals surface area contributed by atoms with Crippen molar-refractivity contribution >= 4 is 5.97 Å². The van der Waals surface area contributed by atoms with Gasteiger partial charge in [-0.1, -0.05) is 18.2 Å². The summed E-state index contributed by atoms with van der Waals surface area (Å²) in [6.07, 6.45) is 5.19. The highest BCUT2D eigenvalue weighted by atomic mass is 19.1. The van der Waals surface area contributed by atoms with Crippen molar-refractivity contribution in [1.82, 2.24) is 10.3 Å². The average molecular weight is 326 g/mol. The molecule has 0 saturated carbocycles. The zero-order valence-electron chi connectivity index (χ0n) is 13.2. The Bertz CT molecular complexity index is 743. The summed E-state index contributed by atoms with van der Waals surface area (Å²) in [5.41, 5.74) is 2.45. The summed E-state index contributed by atoms with van der Waals surface area (Å²) in [6, 6.07) is 11.8. The summed E-state index contributed by atoms with van der Waals surface area (Å²) in [4.78, 5) is 15.9. The minimum absolute atomic E-state index is 0.0937. The lowest BCUT2D eigenvalue weighted by Gasteiger charge is -2.26. The van der Waals surface area contributed by atoms with Crippen LogP contribution in [0.5, 0.6) is 0 Å². The lowest BCUT2D eigenvalue weighted by atomic mass is 9.89. The smallest absolute Gasteiger partial charge is 0.308 e. The minimum atomic E-state index is -0.773. The Balaban J connectivity index is 1.69. The highest BCUT2D eigenvalue weighted by Gasteiger charge is 2.28. The van der Waals surface area contributed by atoms with Crippen molar-refractivity contribution < 1.29 is 14.3 Å². The van der Waals surface area contributed by atoms with E-state index in [-0.39, 0.29) is 11.9 Å². The van der Waals surface area contributed by atoms with Crippen molar-refractivity contribution in [1.29, 1.82) is 0 Å². The van der Waals surface area contributed by atoms with Gasteiger partial charge < -0.3 is 10.4 Å². The fourth-order valence-corrected chi connectivity index (χ4v) is 2.91. The standard InChI is InChI=1S/C19H19FN2O2/c20-14-10-8-13(9-11-14)17-7-3-4-15(22-17)12-21-18-6-2-1-5-16(18)19(23)24/h1-4,7-11,16,18,21H,5-6,12H2,(H,23,24)/t16-,18+/m1/s1. The second-order valence-electron chi connectivity index (χ2n) is 5.90. The van der Waals surface area contributed by atoms with Crippen LogP contribution in [0.15, 0.2) is 54.6 Å². The number of pyridine rings is 1. The summed E-state index contributed by atoms with van der Waals surface area (Å²) in [5, 5.41) is 12.6. The number of hydrogen-bond acceptors (Lipinski definition) is 3. The number of rotatable bonds is 5. The van der Waals surface area contributed by atoms with Gasteiger partial charge in [0.15, 0.2) is 0 Å². The van der Waals surface area contributed by atoms with E-state index in [0.29, 0.717) is 19.4 Å². The maximum absolute atomic E-state index is 13.0. The Morgan fingerprint density at radius 2 is 1.92 bits per heavy atom. The molecule has 1 aromatic heterocycles. The van der Waals surface area contributed by atoms with Gasteiger partial charge in [0, 0.05) is 18.2 Å². The van der Waals surface area contributed by atoms with Crippen LogP contribution in [-0.4, -0.2) is 22.1 Å². The molecule has 0 fully saturated rings. The van der Waals surface area contributed by atoms with Gasteiger partial charge in [-0.05, 0) is 49.2 Å². The van der Waals surface area contributed by atoms with Gasteiger partial charge in [-0.2, -0.15) is 0 Å². The second-order valence-corrected chi connectivity index (χ2v) is 5.90. The number of hydrogen-bond donors (Lipinski definition) is 2. The molecule has 0 bridgehead atoms. The predicted molar refractivity (Wildman–Crippen MR) is 89.8 cm³/mol. The number of aromatic nitrogens is 1. The molecule has 0 unspecified atom stereocenters. The zero-order chi connectivity index (χ0) is 16.9. The number of allylic oxidation sites excluding steroid dienone is 1. The summed E-state index contributed by atoms with van der Waals surface area (Å²) >= 11 is 0. The van der Waals surface area contributed by atoms with Gasteiger partial charge in [-0.3, -0.25) is 9.78 Å². The summed E-state index contributed by atoms with van der Waals surface area (Å²) in [5.74, 6) is -1.46. The van der Waals surface area contributed by atoms with Crippen LogP contribution in [-0.2, 0) is 11.3 Å². The third kappa shape index (κ3) is 3.86.